The third-order valence-corrected chi connectivity index (χ3v) is 5.08. The number of hydrogen-bond acceptors (Lipinski definition) is 0. The summed E-state index contributed by atoms with van der Waals surface area (Å²) in [6.07, 6.45) is 7.01. The first-order chi connectivity index (χ1) is 10.6. The average molecular weight is 300 g/mol. The largest absolute Gasteiger partial charge is 0.203 e. The molecule has 3 rings (SSSR count). The highest BCUT2D eigenvalue weighted by molar-refractivity contribution is 5.84. The number of halogens is 2. The van der Waals surface area contributed by atoms with E-state index in [9.17, 15) is 8.78 Å². The van der Waals surface area contributed by atoms with E-state index in [1.54, 1.807) is 6.07 Å². The Bertz CT molecular complexity index is 694. The van der Waals surface area contributed by atoms with Crippen molar-refractivity contribution in [1.82, 2.24) is 0 Å². The lowest BCUT2D eigenvalue weighted by Crippen LogP contribution is -2.11. The van der Waals surface area contributed by atoms with Crippen LogP contribution in [0.1, 0.15) is 49.7 Å². The molecule has 0 amide bonds. The van der Waals surface area contributed by atoms with Crippen LogP contribution < -0.4 is 0 Å². The van der Waals surface area contributed by atoms with Crippen molar-refractivity contribution in [1.29, 1.82) is 0 Å². The molecule has 1 saturated carbocycles. The predicted molar refractivity (Wildman–Crippen MR) is 88.1 cm³/mol. The van der Waals surface area contributed by atoms with Crippen molar-refractivity contribution in [3.63, 3.8) is 0 Å². The Balaban J connectivity index is 1.96. The maximum Gasteiger partial charge on any atom is 0.166 e. The zero-order chi connectivity index (χ0) is 15.7. The van der Waals surface area contributed by atoms with E-state index >= 15 is 0 Å². The van der Waals surface area contributed by atoms with Gasteiger partial charge in [-0.2, -0.15) is 0 Å². The Labute approximate surface area is 130 Å². The summed E-state index contributed by atoms with van der Waals surface area (Å²) >= 11 is 0. The first kappa shape index (κ1) is 15.2. The number of fused-ring (bicyclic) bond motifs is 1. The van der Waals surface area contributed by atoms with Gasteiger partial charge in [-0.3, -0.25) is 0 Å². The molecule has 0 radical (unpaired) electrons. The first-order valence-electron chi connectivity index (χ1n) is 8.17. The second-order valence-corrected chi connectivity index (χ2v) is 6.35. The third kappa shape index (κ3) is 2.67. The van der Waals surface area contributed by atoms with E-state index < -0.39 is 11.6 Å². The summed E-state index contributed by atoms with van der Waals surface area (Å²) in [5.74, 6) is -0.328. The maximum absolute atomic E-state index is 14.3. The Morgan fingerprint density at radius 2 is 1.82 bits per heavy atom. The zero-order valence-corrected chi connectivity index (χ0v) is 13.0. The quantitative estimate of drug-likeness (QED) is 0.597. The van der Waals surface area contributed by atoms with Crippen molar-refractivity contribution in [2.24, 2.45) is 5.92 Å². The number of benzene rings is 2. The van der Waals surface area contributed by atoms with Gasteiger partial charge in [0.15, 0.2) is 11.6 Å². The molecule has 0 nitrogen and oxygen atoms in total. The molecule has 2 aromatic carbocycles. The van der Waals surface area contributed by atoms with E-state index in [1.165, 1.54) is 0 Å². The van der Waals surface area contributed by atoms with Gasteiger partial charge in [-0.15, -0.1) is 6.58 Å². The minimum atomic E-state index is -0.698. The minimum Gasteiger partial charge on any atom is -0.203 e. The lowest BCUT2D eigenvalue weighted by molar-refractivity contribution is 0.376. The van der Waals surface area contributed by atoms with E-state index in [2.05, 4.69) is 12.6 Å². The van der Waals surface area contributed by atoms with Gasteiger partial charge in [-0.1, -0.05) is 25.1 Å². The Kier molecular flexibility index (Phi) is 4.28. The third-order valence-electron chi connectivity index (χ3n) is 5.08. The SMILES string of the molecule is C=CC1CCC(c2ccc3cc(CC)c(F)c(F)c3c2)CC1. The molecule has 0 N–H and O–H groups in total. The number of hydrogen-bond donors (Lipinski definition) is 0. The van der Waals surface area contributed by atoms with Gasteiger partial charge in [0.05, 0.1) is 0 Å². The van der Waals surface area contributed by atoms with E-state index in [0.29, 0.717) is 29.2 Å². The molecule has 2 heteroatoms. The first-order valence-corrected chi connectivity index (χ1v) is 8.17. The lowest BCUT2D eigenvalue weighted by atomic mass is 9.78. The molecule has 22 heavy (non-hydrogen) atoms. The van der Waals surface area contributed by atoms with Crippen LogP contribution in [0.5, 0.6) is 0 Å². The molecule has 0 aromatic heterocycles. The molecule has 0 atom stereocenters. The van der Waals surface area contributed by atoms with Crippen LogP contribution in [-0.4, -0.2) is 0 Å². The summed E-state index contributed by atoms with van der Waals surface area (Å²) < 4.78 is 28.3. The molecule has 0 aliphatic heterocycles. The molecule has 0 bridgehead atoms. The van der Waals surface area contributed by atoms with E-state index in [-0.39, 0.29) is 0 Å². The Hall–Kier alpha value is -1.70. The summed E-state index contributed by atoms with van der Waals surface area (Å²) in [6.45, 7) is 5.71. The molecular formula is C20H22F2. The van der Waals surface area contributed by atoms with Crippen molar-refractivity contribution in [3.8, 4) is 0 Å². The van der Waals surface area contributed by atoms with Crippen molar-refractivity contribution in [2.75, 3.05) is 0 Å². The molecule has 2 aromatic rings. The van der Waals surface area contributed by atoms with Crippen molar-refractivity contribution >= 4 is 10.8 Å². The Morgan fingerprint density at radius 1 is 1.09 bits per heavy atom. The van der Waals surface area contributed by atoms with Gasteiger partial charge >= 0.3 is 0 Å². The van der Waals surface area contributed by atoms with Crippen LogP contribution in [0.4, 0.5) is 8.78 Å². The topological polar surface area (TPSA) is 0 Å². The molecule has 1 aliphatic rings. The molecule has 116 valence electrons. The molecule has 1 fully saturated rings. The number of allylic oxidation sites excluding steroid dienone is 1. The van der Waals surface area contributed by atoms with Crippen LogP contribution in [0.3, 0.4) is 0 Å². The van der Waals surface area contributed by atoms with Crippen LogP contribution in [-0.2, 0) is 6.42 Å². The highest BCUT2D eigenvalue weighted by Gasteiger charge is 2.21. The van der Waals surface area contributed by atoms with E-state index in [0.717, 1.165) is 36.6 Å². The fourth-order valence-corrected chi connectivity index (χ4v) is 3.60. The summed E-state index contributed by atoms with van der Waals surface area (Å²) in [7, 11) is 0. The normalized spacial score (nSPS) is 22.0. The van der Waals surface area contributed by atoms with Gasteiger partial charge in [0.2, 0.25) is 0 Å². The van der Waals surface area contributed by atoms with Crippen LogP contribution >= 0.6 is 0 Å². The van der Waals surface area contributed by atoms with E-state index in [4.69, 9.17) is 0 Å². The predicted octanol–water partition coefficient (Wildman–Crippen LogP) is 6.14. The van der Waals surface area contributed by atoms with Crippen molar-refractivity contribution < 1.29 is 8.78 Å². The molecule has 0 saturated heterocycles. The zero-order valence-electron chi connectivity index (χ0n) is 13.0. The highest BCUT2D eigenvalue weighted by atomic mass is 19.2. The van der Waals surface area contributed by atoms with Crippen molar-refractivity contribution in [2.45, 2.75) is 44.9 Å². The van der Waals surface area contributed by atoms with Crippen LogP contribution in [0, 0.1) is 17.6 Å². The summed E-state index contributed by atoms with van der Waals surface area (Å²) in [4.78, 5) is 0. The van der Waals surface area contributed by atoms with E-state index in [1.807, 2.05) is 25.1 Å². The molecule has 0 spiro atoms. The fourth-order valence-electron chi connectivity index (χ4n) is 3.60. The highest BCUT2D eigenvalue weighted by Crippen LogP contribution is 2.37. The second kappa shape index (κ2) is 6.20. The summed E-state index contributed by atoms with van der Waals surface area (Å²) in [5.41, 5.74) is 1.59. The van der Waals surface area contributed by atoms with Gasteiger partial charge < -0.3 is 0 Å². The van der Waals surface area contributed by atoms with Crippen LogP contribution in [0.25, 0.3) is 10.8 Å². The summed E-state index contributed by atoms with van der Waals surface area (Å²) in [5, 5.41) is 1.21. The molecule has 1 aliphatic carbocycles. The van der Waals surface area contributed by atoms with Gasteiger partial charge in [0.1, 0.15) is 0 Å². The second-order valence-electron chi connectivity index (χ2n) is 6.35. The standard InChI is InChI=1S/C20H22F2/c1-3-13-5-7-15(8-6-13)16-9-10-17-11-14(4-2)19(21)20(22)18(17)12-16/h3,9-13,15H,1,4-8H2,2H3. The van der Waals surface area contributed by atoms with Gasteiger partial charge in [0.25, 0.3) is 0 Å². The molecular weight excluding hydrogens is 278 g/mol. The van der Waals surface area contributed by atoms with Gasteiger partial charge in [-0.25, -0.2) is 8.78 Å². The molecule has 0 heterocycles. The maximum atomic E-state index is 14.3. The minimum absolute atomic E-state index is 0.415. The van der Waals surface area contributed by atoms with Crippen LogP contribution in [0.2, 0.25) is 0 Å². The van der Waals surface area contributed by atoms with Gasteiger partial charge in [0, 0.05) is 5.39 Å². The molecule has 0 unspecified atom stereocenters. The number of rotatable bonds is 3. The lowest BCUT2D eigenvalue weighted by Gasteiger charge is -2.27. The van der Waals surface area contributed by atoms with Gasteiger partial charge in [-0.05, 0) is 72.6 Å². The van der Waals surface area contributed by atoms with Crippen LogP contribution in [0.15, 0.2) is 36.9 Å². The fraction of sp³-hybridized carbons (Fsp3) is 0.400. The number of aryl methyl sites for hydroxylation is 1. The Morgan fingerprint density at radius 3 is 2.45 bits per heavy atom. The smallest absolute Gasteiger partial charge is 0.166 e. The average Bonchev–Trinajstić information content (AvgIpc) is 2.58. The van der Waals surface area contributed by atoms with Crippen molar-refractivity contribution in [3.05, 3.63) is 59.7 Å². The monoisotopic (exact) mass is 300 g/mol. The summed E-state index contributed by atoms with van der Waals surface area (Å²) in [6, 6.07) is 7.64.